The molecule has 0 heterocycles. The monoisotopic (exact) mass is 479 g/mol. The largest absolute Gasteiger partial charge is 0.481 e. The molecule has 0 bridgehead atoms. The first kappa shape index (κ1) is 28.5. The minimum absolute atomic E-state index is 0.0253. The van der Waals surface area contributed by atoms with Crippen molar-refractivity contribution in [3.8, 4) is 0 Å². The van der Waals surface area contributed by atoms with Gasteiger partial charge in [-0.05, 0) is 38.3 Å². The van der Waals surface area contributed by atoms with Crippen LogP contribution in [0.5, 0.6) is 0 Å². The van der Waals surface area contributed by atoms with Crippen LogP contribution in [0, 0.1) is 0 Å². The van der Waals surface area contributed by atoms with Gasteiger partial charge in [-0.2, -0.15) is 0 Å². The van der Waals surface area contributed by atoms with Crippen molar-refractivity contribution in [2.45, 2.75) is 63.2 Å². The van der Waals surface area contributed by atoms with Gasteiger partial charge in [0.1, 0.15) is 18.1 Å². The second kappa shape index (κ2) is 14.6. The molecule has 3 amide bonds. The van der Waals surface area contributed by atoms with Crippen molar-refractivity contribution in [3.63, 3.8) is 0 Å². The summed E-state index contributed by atoms with van der Waals surface area (Å²) in [5.41, 5.74) is 11.7. The van der Waals surface area contributed by atoms with Gasteiger partial charge in [0, 0.05) is 6.42 Å². The highest BCUT2D eigenvalue weighted by atomic mass is 16.4. The molecule has 0 aromatic heterocycles. The van der Waals surface area contributed by atoms with Gasteiger partial charge in [0.05, 0.1) is 12.5 Å². The third-order valence-corrected chi connectivity index (χ3v) is 4.90. The number of amides is 3. The summed E-state index contributed by atoms with van der Waals surface area (Å²) in [4.78, 5) is 60.4. The molecule has 0 radical (unpaired) electrons. The lowest BCUT2D eigenvalue weighted by molar-refractivity contribution is -0.143. The zero-order chi connectivity index (χ0) is 25.7. The highest BCUT2D eigenvalue weighted by Gasteiger charge is 2.30. The van der Waals surface area contributed by atoms with Gasteiger partial charge in [-0.3, -0.25) is 19.2 Å². The fraction of sp³-hybridized carbons (Fsp3) is 0.500. The lowest BCUT2D eigenvalue weighted by atomic mass is 10.0. The lowest BCUT2D eigenvalue weighted by Gasteiger charge is -2.24. The van der Waals surface area contributed by atoms with E-state index in [-0.39, 0.29) is 12.8 Å². The number of nitrogens with one attached hydrogen (secondary N) is 3. The molecule has 1 aromatic rings. The predicted molar refractivity (Wildman–Crippen MR) is 122 cm³/mol. The third kappa shape index (κ3) is 10.4. The van der Waals surface area contributed by atoms with Gasteiger partial charge in [-0.25, -0.2) is 4.79 Å². The van der Waals surface area contributed by atoms with E-state index in [1.807, 2.05) is 0 Å². The Morgan fingerprint density at radius 3 is 1.94 bits per heavy atom. The van der Waals surface area contributed by atoms with Crippen LogP contribution in [0.4, 0.5) is 0 Å². The zero-order valence-electron chi connectivity index (χ0n) is 19.0. The second-order valence-corrected chi connectivity index (χ2v) is 7.88. The molecular weight excluding hydrogens is 446 g/mol. The van der Waals surface area contributed by atoms with Gasteiger partial charge >= 0.3 is 11.9 Å². The number of nitrogens with two attached hydrogens (primary N) is 2. The number of carboxylic acids is 2. The van der Waals surface area contributed by atoms with Crippen molar-refractivity contribution >= 4 is 29.7 Å². The van der Waals surface area contributed by atoms with E-state index in [0.29, 0.717) is 24.9 Å². The SMILES string of the molecule is CC(N)C(=O)NC(CC(=O)O)C(=O)NC(CCCCN)C(=O)NC(Cc1ccccc1)C(=O)O. The first-order valence-electron chi connectivity index (χ1n) is 10.9. The van der Waals surface area contributed by atoms with Crippen molar-refractivity contribution in [1.29, 1.82) is 0 Å². The van der Waals surface area contributed by atoms with Crippen molar-refractivity contribution in [3.05, 3.63) is 35.9 Å². The Labute approximate surface area is 197 Å². The average Bonchev–Trinajstić information content (AvgIpc) is 2.77. The number of carbonyl (C=O) groups excluding carboxylic acids is 3. The van der Waals surface area contributed by atoms with Crippen LogP contribution in [0.2, 0.25) is 0 Å². The van der Waals surface area contributed by atoms with Crippen LogP contribution >= 0.6 is 0 Å². The predicted octanol–water partition coefficient (Wildman–Crippen LogP) is -1.28. The number of benzene rings is 1. The standard InChI is InChI=1S/C22H33N5O7/c1-13(24)19(30)26-16(12-18(28)29)21(32)25-15(9-5-6-10-23)20(31)27-17(22(33)34)11-14-7-3-2-4-8-14/h2-4,7-8,13,15-17H,5-6,9-12,23-24H2,1H3,(H,25,32)(H,26,30)(H,27,31)(H,28,29)(H,33,34). The fourth-order valence-electron chi connectivity index (χ4n) is 3.04. The summed E-state index contributed by atoms with van der Waals surface area (Å²) >= 11 is 0. The van der Waals surface area contributed by atoms with E-state index in [2.05, 4.69) is 16.0 Å². The molecule has 188 valence electrons. The lowest BCUT2D eigenvalue weighted by Crippen LogP contribution is -2.57. The topological polar surface area (TPSA) is 214 Å². The third-order valence-electron chi connectivity index (χ3n) is 4.90. The van der Waals surface area contributed by atoms with Gasteiger partial charge in [-0.15, -0.1) is 0 Å². The maximum Gasteiger partial charge on any atom is 0.326 e. The van der Waals surface area contributed by atoms with E-state index in [1.54, 1.807) is 30.3 Å². The highest BCUT2D eigenvalue weighted by molar-refractivity contribution is 5.95. The highest BCUT2D eigenvalue weighted by Crippen LogP contribution is 2.07. The summed E-state index contributed by atoms with van der Waals surface area (Å²) in [5, 5.41) is 25.8. The molecule has 9 N–H and O–H groups in total. The van der Waals surface area contributed by atoms with Crippen LogP contribution in [0.15, 0.2) is 30.3 Å². The molecule has 34 heavy (non-hydrogen) atoms. The average molecular weight is 480 g/mol. The number of aliphatic carboxylic acids is 2. The minimum atomic E-state index is -1.47. The Hall–Kier alpha value is -3.51. The zero-order valence-corrected chi connectivity index (χ0v) is 19.0. The van der Waals surface area contributed by atoms with Crippen LogP contribution in [-0.4, -0.2) is 70.6 Å². The number of hydrogen-bond donors (Lipinski definition) is 7. The first-order valence-corrected chi connectivity index (χ1v) is 10.9. The van der Waals surface area contributed by atoms with Crippen LogP contribution in [0.3, 0.4) is 0 Å². The van der Waals surface area contributed by atoms with E-state index < -0.39 is 60.2 Å². The van der Waals surface area contributed by atoms with E-state index in [0.717, 1.165) is 0 Å². The van der Waals surface area contributed by atoms with E-state index in [1.165, 1.54) is 6.92 Å². The molecule has 4 atom stereocenters. The Morgan fingerprint density at radius 1 is 0.853 bits per heavy atom. The molecule has 1 rings (SSSR count). The molecule has 1 aromatic carbocycles. The Balaban J connectivity index is 2.99. The van der Waals surface area contributed by atoms with Gasteiger partial charge in [0.2, 0.25) is 17.7 Å². The Morgan fingerprint density at radius 2 is 1.41 bits per heavy atom. The molecule has 0 aliphatic carbocycles. The molecule has 0 fully saturated rings. The molecule has 0 spiro atoms. The number of hydrogen-bond acceptors (Lipinski definition) is 7. The number of rotatable bonds is 15. The fourth-order valence-corrected chi connectivity index (χ4v) is 3.04. The van der Waals surface area contributed by atoms with Crippen molar-refractivity contribution < 1.29 is 34.2 Å². The summed E-state index contributed by atoms with van der Waals surface area (Å²) in [5.74, 6) is -4.99. The number of carboxylic acid groups (broad SMARTS) is 2. The summed E-state index contributed by atoms with van der Waals surface area (Å²) in [6, 6.07) is 3.83. The van der Waals surface area contributed by atoms with Crippen molar-refractivity contribution in [2.24, 2.45) is 11.5 Å². The maximum absolute atomic E-state index is 12.9. The second-order valence-electron chi connectivity index (χ2n) is 7.88. The van der Waals surface area contributed by atoms with Crippen LogP contribution in [-0.2, 0) is 30.4 Å². The van der Waals surface area contributed by atoms with Gasteiger partial charge in [0.15, 0.2) is 0 Å². The molecule has 0 saturated heterocycles. The smallest absolute Gasteiger partial charge is 0.326 e. The summed E-state index contributed by atoms with van der Waals surface area (Å²) in [7, 11) is 0. The molecule has 12 nitrogen and oxygen atoms in total. The van der Waals surface area contributed by atoms with Crippen LogP contribution < -0.4 is 27.4 Å². The molecule has 12 heteroatoms. The van der Waals surface area contributed by atoms with E-state index >= 15 is 0 Å². The molecule has 0 saturated carbocycles. The minimum Gasteiger partial charge on any atom is -0.481 e. The molecule has 4 unspecified atom stereocenters. The van der Waals surface area contributed by atoms with E-state index in [4.69, 9.17) is 16.6 Å². The normalized spacial score (nSPS) is 14.2. The van der Waals surface area contributed by atoms with E-state index in [9.17, 15) is 29.1 Å². The Kier molecular flexibility index (Phi) is 12.2. The van der Waals surface area contributed by atoms with Crippen LogP contribution in [0.25, 0.3) is 0 Å². The van der Waals surface area contributed by atoms with Crippen molar-refractivity contribution in [2.75, 3.05) is 6.54 Å². The molecular formula is C22H33N5O7. The van der Waals surface area contributed by atoms with Crippen molar-refractivity contribution in [1.82, 2.24) is 16.0 Å². The van der Waals surface area contributed by atoms with Gasteiger partial charge in [-0.1, -0.05) is 30.3 Å². The number of unbranched alkanes of at least 4 members (excludes halogenated alkanes) is 1. The maximum atomic E-state index is 12.9. The molecule has 0 aliphatic heterocycles. The van der Waals surface area contributed by atoms with Gasteiger partial charge < -0.3 is 37.6 Å². The summed E-state index contributed by atoms with van der Waals surface area (Å²) in [6.07, 6.45) is 0.422. The van der Waals surface area contributed by atoms with Crippen LogP contribution in [0.1, 0.15) is 38.2 Å². The number of carbonyl (C=O) groups is 5. The first-order chi connectivity index (χ1) is 16.0. The summed E-state index contributed by atoms with van der Waals surface area (Å²) in [6.45, 7) is 1.72. The molecule has 0 aliphatic rings. The van der Waals surface area contributed by atoms with Gasteiger partial charge in [0.25, 0.3) is 0 Å². The Bertz CT molecular complexity index is 847. The quantitative estimate of drug-likeness (QED) is 0.149. The summed E-state index contributed by atoms with van der Waals surface area (Å²) < 4.78 is 0.